The molecule has 34 heavy (non-hydrogen) atoms. The molecule has 0 bridgehead atoms. The molecule has 1 saturated heterocycles. The summed E-state index contributed by atoms with van der Waals surface area (Å²) in [6.45, 7) is 5.45. The molecule has 2 aliphatic rings. The molecule has 0 unspecified atom stereocenters. The lowest BCUT2D eigenvalue weighted by Gasteiger charge is -2.24. The highest BCUT2D eigenvalue weighted by molar-refractivity contribution is 6.29. The maximum absolute atomic E-state index is 13.3. The lowest BCUT2D eigenvalue weighted by atomic mass is 10.0. The van der Waals surface area contributed by atoms with Gasteiger partial charge in [0.25, 0.3) is 5.56 Å². The van der Waals surface area contributed by atoms with Gasteiger partial charge in [0.1, 0.15) is 5.15 Å². The van der Waals surface area contributed by atoms with Crippen molar-refractivity contribution in [1.29, 1.82) is 0 Å². The van der Waals surface area contributed by atoms with E-state index < -0.39 is 5.97 Å². The zero-order valence-corrected chi connectivity index (χ0v) is 20.1. The molecule has 3 atom stereocenters. The average Bonchev–Trinajstić information content (AvgIpc) is 3.27. The molecular formula is C24H26ClN5O4. The molecule has 5 rings (SSSR count). The van der Waals surface area contributed by atoms with Crippen LogP contribution in [0.25, 0.3) is 10.9 Å². The van der Waals surface area contributed by atoms with E-state index >= 15 is 0 Å². The SMILES string of the molecule is COC1[C@@H]2CN(c3nc4c([C@H](C)Nc5ccc(Cl)nc5C(=O)O)cc(C)cc4c(=O)n3C)C[C@@H]12. The first-order chi connectivity index (χ1) is 16.2. The number of rotatable bonds is 6. The number of methoxy groups -OCH3 is 1. The minimum atomic E-state index is -1.18. The number of piperidine rings is 1. The number of hydrogen-bond acceptors (Lipinski definition) is 7. The Labute approximate surface area is 201 Å². The van der Waals surface area contributed by atoms with Crippen LogP contribution in [-0.4, -0.2) is 51.9 Å². The van der Waals surface area contributed by atoms with Crippen LogP contribution in [0.4, 0.5) is 11.6 Å². The lowest BCUT2D eigenvalue weighted by Crippen LogP contribution is -2.33. The van der Waals surface area contributed by atoms with Gasteiger partial charge in [-0.2, -0.15) is 0 Å². The molecule has 0 amide bonds. The number of aromatic carboxylic acids is 1. The van der Waals surface area contributed by atoms with Crippen molar-refractivity contribution in [3.05, 3.63) is 56.6 Å². The van der Waals surface area contributed by atoms with Crippen LogP contribution in [-0.2, 0) is 11.8 Å². The van der Waals surface area contributed by atoms with E-state index in [1.807, 2.05) is 26.0 Å². The minimum Gasteiger partial charge on any atom is -0.476 e. The Morgan fingerprint density at radius 3 is 2.62 bits per heavy atom. The number of carboxylic acid groups (broad SMARTS) is 1. The summed E-state index contributed by atoms with van der Waals surface area (Å²) >= 11 is 5.90. The number of nitrogens with zero attached hydrogens (tertiary/aromatic N) is 4. The minimum absolute atomic E-state index is 0.103. The molecule has 2 fully saturated rings. The number of halogens is 1. The highest BCUT2D eigenvalue weighted by Crippen LogP contribution is 2.48. The zero-order chi connectivity index (χ0) is 24.3. The van der Waals surface area contributed by atoms with Gasteiger partial charge in [0.15, 0.2) is 5.69 Å². The highest BCUT2D eigenvalue weighted by Gasteiger charge is 2.57. The Morgan fingerprint density at radius 2 is 1.97 bits per heavy atom. The van der Waals surface area contributed by atoms with E-state index in [4.69, 9.17) is 21.3 Å². The monoisotopic (exact) mass is 483 g/mol. The van der Waals surface area contributed by atoms with Gasteiger partial charge in [-0.1, -0.05) is 17.7 Å². The van der Waals surface area contributed by atoms with Gasteiger partial charge < -0.3 is 20.1 Å². The topological polar surface area (TPSA) is 110 Å². The van der Waals surface area contributed by atoms with Gasteiger partial charge in [-0.25, -0.2) is 14.8 Å². The largest absolute Gasteiger partial charge is 0.476 e. The molecule has 9 nitrogen and oxygen atoms in total. The molecule has 3 aromatic rings. The van der Waals surface area contributed by atoms with Crippen LogP contribution < -0.4 is 15.8 Å². The number of benzene rings is 1. The average molecular weight is 484 g/mol. The highest BCUT2D eigenvalue weighted by atomic mass is 35.5. The van der Waals surface area contributed by atoms with Crippen LogP contribution in [0.15, 0.2) is 29.1 Å². The summed E-state index contributed by atoms with van der Waals surface area (Å²) in [5.41, 5.74) is 2.39. The fraction of sp³-hybridized carbons (Fsp3) is 0.417. The Hall–Kier alpha value is -3.17. The van der Waals surface area contributed by atoms with E-state index in [0.717, 1.165) is 24.2 Å². The Morgan fingerprint density at radius 1 is 1.26 bits per heavy atom. The van der Waals surface area contributed by atoms with Crippen molar-refractivity contribution in [2.45, 2.75) is 26.0 Å². The second-order valence-electron chi connectivity index (χ2n) is 9.16. The summed E-state index contributed by atoms with van der Waals surface area (Å²) in [6.07, 6.45) is 0.299. The molecule has 1 saturated carbocycles. The van der Waals surface area contributed by atoms with Gasteiger partial charge in [-0.3, -0.25) is 9.36 Å². The van der Waals surface area contributed by atoms with Crippen LogP contribution >= 0.6 is 11.6 Å². The van der Waals surface area contributed by atoms with Gasteiger partial charge in [0, 0.05) is 44.6 Å². The first-order valence-electron chi connectivity index (χ1n) is 11.1. The van der Waals surface area contributed by atoms with Crippen molar-refractivity contribution < 1.29 is 14.6 Å². The van der Waals surface area contributed by atoms with Gasteiger partial charge in [-0.15, -0.1) is 0 Å². The van der Waals surface area contributed by atoms with Crippen molar-refractivity contribution in [2.24, 2.45) is 18.9 Å². The third kappa shape index (κ3) is 3.69. The zero-order valence-electron chi connectivity index (χ0n) is 19.4. The number of ether oxygens (including phenoxy) is 1. The predicted molar refractivity (Wildman–Crippen MR) is 130 cm³/mol. The smallest absolute Gasteiger partial charge is 0.356 e. The van der Waals surface area contributed by atoms with E-state index in [1.165, 1.54) is 6.07 Å². The number of anilines is 2. The molecular weight excluding hydrogens is 458 g/mol. The van der Waals surface area contributed by atoms with Crippen molar-refractivity contribution in [3.8, 4) is 0 Å². The molecule has 0 radical (unpaired) electrons. The van der Waals surface area contributed by atoms with Crippen LogP contribution in [0.3, 0.4) is 0 Å². The summed E-state index contributed by atoms with van der Waals surface area (Å²) < 4.78 is 7.12. The van der Waals surface area contributed by atoms with E-state index in [0.29, 0.717) is 40.5 Å². The van der Waals surface area contributed by atoms with Crippen LogP contribution in [0, 0.1) is 18.8 Å². The Bertz CT molecular complexity index is 1360. The number of carbonyl (C=O) groups is 1. The summed E-state index contributed by atoms with van der Waals surface area (Å²) in [5.74, 6) is 0.406. The van der Waals surface area contributed by atoms with Crippen molar-refractivity contribution >= 4 is 40.1 Å². The van der Waals surface area contributed by atoms with E-state index in [2.05, 4.69) is 15.2 Å². The van der Waals surface area contributed by atoms with Crippen molar-refractivity contribution in [1.82, 2.24) is 14.5 Å². The van der Waals surface area contributed by atoms with Gasteiger partial charge >= 0.3 is 5.97 Å². The lowest BCUT2D eigenvalue weighted by molar-refractivity contribution is 0.0691. The molecule has 1 aromatic carbocycles. The molecule has 2 aromatic heterocycles. The maximum Gasteiger partial charge on any atom is 0.356 e. The number of pyridine rings is 1. The molecule has 1 aliphatic heterocycles. The van der Waals surface area contributed by atoms with E-state index in [1.54, 1.807) is 24.8 Å². The standard InChI is InChI=1S/C24H26ClN5O4/c1-11-7-13(12(2)26-17-5-6-18(25)27-20(17)23(32)33)19-14(8-11)22(31)29(3)24(28-19)30-9-15-16(10-30)21(15)34-4/h5-8,12,15-16,21,26H,9-10H2,1-4H3,(H,32,33)/t12-,15+,16+/m0/s1. The second-order valence-corrected chi connectivity index (χ2v) is 9.55. The molecule has 0 spiro atoms. The quantitative estimate of drug-likeness (QED) is 0.514. The molecule has 1 aliphatic carbocycles. The first-order valence-corrected chi connectivity index (χ1v) is 11.5. The summed E-state index contributed by atoms with van der Waals surface area (Å²) in [6, 6.07) is 6.60. The number of hydrogen-bond donors (Lipinski definition) is 2. The third-order valence-corrected chi connectivity index (χ3v) is 7.11. The fourth-order valence-corrected chi connectivity index (χ4v) is 5.31. The summed E-state index contributed by atoms with van der Waals surface area (Å²) in [7, 11) is 3.50. The first kappa shape index (κ1) is 22.6. The number of nitrogens with one attached hydrogen (secondary N) is 1. The number of aromatic nitrogens is 3. The third-order valence-electron chi connectivity index (χ3n) is 6.90. The Balaban J connectivity index is 1.56. The van der Waals surface area contributed by atoms with Crippen molar-refractivity contribution in [3.63, 3.8) is 0 Å². The van der Waals surface area contributed by atoms with Crippen molar-refractivity contribution in [2.75, 3.05) is 30.4 Å². The number of aryl methyl sites for hydroxylation is 1. The van der Waals surface area contributed by atoms with Gasteiger partial charge in [-0.05, 0) is 37.6 Å². The summed E-state index contributed by atoms with van der Waals surface area (Å²) in [4.78, 5) is 36.0. The van der Waals surface area contributed by atoms with Crippen LogP contribution in [0.5, 0.6) is 0 Å². The molecule has 2 N–H and O–H groups in total. The predicted octanol–water partition coefficient (Wildman–Crippen LogP) is 3.24. The molecule has 178 valence electrons. The normalized spacial score (nSPS) is 22.0. The van der Waals surface area contributed by atoms with Crippen LogP contribution in [0.1, 0.15) is 34.6 Å². The second kappa shape index (κ2) is 8.25. The van der Waals surface area contributed by atoms with Gasteiger partial charge in [0.05, 0.1) is 28.7 Å². The fourth-order valence-electron chi connectivity index (χ4n) is 5.16. The molecule has 3 heterocycles. The summed E-state index contributed by atoms with van der Waals surface area (Å²) in [5, 5.41) is 13.4. The van der Waals surface area contributed by atoms with Gasteiger partial charge in [0.2, 0.25) is 5.95 Å². The van der Waals surface area contributed by atoms with E-state index in [-0.39, 0.29) is 22.4 Å². The molecule has 10 heteroatoms. The number of carboxylic acids is 1. The van der Waals surface area contributed by atoms with Crippen LogP contribution in [0.2, 0.25) is 5.15 Å². The Kier molecular flexibility index (Phi) is 5.49. The maximum atomic E-state index is 13.3. The number of fused-ring (bicyclic) bond motifs is 2. The van der Waals surface area contributed by atoms with E-state index in [9.17, 15) is 14.7 Å².